The normalized spacial score (nSPS) is 11.0. The first-order valence-corrected chi connectivity index (χ1v) is 8.40. The van der Waals surface area contributed by atoms with E-state index in [-0.39, 0.29) is 24.0 Å². The third-order valence-corrected chi connectivity index (χ3v) is 3.71. The summed E-state index contributed by atoms with van der Waals surface area (Å²) in [6, 6.07) is 4.17. The number of ether oxygens (including phenoxy) is 1. The van der Waals surface area contributed by atoms with Gasteiger partial charge in [0, 0.05) is 36.2 Å². The van der Waals surface area contributed by atoms with Crippen LogP contribution in [-0.2, 0) is 16.2 Å². The average molecular weight is 415 g/mol. The van der Waals surface area contributed by atoms with Gasteiger partial charge in [0.05, 0.1) is 10.6 Å². The fourth-order valence-corrected chi connectivity index (χ4v) is 2.33. The van der Waals surface area contributed by atoms with E-state index in [9.17, 15) is 14.7 Å². The molecule has 1 amide bonds. The molecule has 0 saturated carbocycles. The van der Waals surface area contributed by atoms with E-state index in [1.807, 2.05) is 13.8 Å². The van der Waals surface area contributed by atoms with Crippen LogP contribution in [0.2, 0.25) is 0 Å². The molecule has 0 radical (unpaired) electrons. The zero-order chi connectivity index (χ0) is 18.4. The second kappa shape index (κ2) is 8.84. The highest BCUT2D eigenvalue weighted by Gasteiger charge is 2.11. The molecule has 2 aromatic rings. The van der Waals surface area contributed by atoms with E-state index in [2.05, 4.69) is 26.7 Å². The molecule has 0 atom stereocenters. The van der Waals surface area contributed by atoms with E-state index in [0.717, 1.165) is 0 Å². The lowest BCUT2D eigenvalue weighted by molar-refractivity contribution is -0.00391. The first-order chi connectivity index (χ1) is 11.9. The Morgan fingerprint density at radius 1 is 1.32 bits per heavy atom. The number of carbonyl (C=O) groups excluding carboxylic acids is 1. The molecule has 25 heavy (non-hydrogen) atoms. The second-order valence-electron chi connectivity index (χ2n) is 5.45. The molecule has 0 fully saturated rings. The summed E-state index contributed by atoms with van der Waals surface area (Å²) in [6.07, 6.45) is -0.575. The summed E-state index contributed by atoms with van der Waals surface area (Å²) in [7, 11) is 0. The number of hydroxylamine groups is 1. The number of halogens is 1. The van der Waals surface area contributed by atoms with E-state index in [1.54, 1.807) is 6.07 Å². The monoisotopic (exact) mass is 414 g/mol. The molecule has 0 spiro atoms. The molecule has 1 heterocycles. The molecule has 1 aromatic heterocycles. The van der Waals surface area contributed by atoms with Gasteiger partial charge in [-0.15, -0.1) is 0 Å². The smallest absolute Gasteiger partial charge is 0.407 e. The highest BCUT2D eigenvalue weighted by molar-refractivity contribution is 9.10. The largest absolute Gasteiger partial charge is 0.507 e. The molecule has 0 aliphatic rings. The number of alkyl carbamates (subject to hydrolysis) is 1. The Morgan fingerprint density at radius 3 is 2.80 bits per heavy atom. The Hall–Kier alpha value is -2.10. The minimum absolute atomic E-state index is 0.0452. The number of hydrogen-bond acceptors (Lipinski definition) is 7. The van der Waals surface area contributed by atoms with Crippen LogP contribution < -0.4 is 16.4 Å². The number of phenolic OH excluding ortho intramolecular Hbond substituents is 1. The van der Waals surface area contributed by atoms with E-state index < -0.39 is 11.7 Å². The van der Waals surface area contributed by atoms with Gasteiger partial charge in [0.15, 0.2) is 0 Å². The summed E-state index contributed by atoms with van der Waals surface area (Å²) in [4.78, 5) is 28.4. The molecule has 0 unspecified atom stereocenters. The van der Waals surface area contributed by atoms with E-state index in [0.29, 0.717) is 28.5 Å². The second-order valence-corrected chi connectivity index (χ2v) is 6.31. The zero-order valence-corrected chi connectivity index (χ0v) is 15.4. The zero-order valence-electron chi connectivity index (χ0n) is 13.8. The first kappa shape index (κ1) is 19.2. The molecule has 0 aliphatic carbocycles. The maximum atomic E-state index is 11.7. The van der Waals surface area contributed by atoms with Gasteiger partial charge >= 0.3 is 11.7 Å². The van der Waals surface area contributed by atoms with Crippen LogP contribution in [0.3, 0.4) is 0 Å². The molecule has 0 aliphatic heterocycles. The van der Waals surface area contributed by atoms with Gasteiger partial charge in [-0.1, -0.05) is 0 Å². The van der Waals surface area contributed by atoms with Crippen molar-refractivity contribution in [3.05, 3.63) is 38.7 Å². The van der Waals surface area contributed by atoms with Crippen molar-refractivity contribution in [1.82, 2.24) is 10.8 Å². The SMILES string of the molecule is CC(C)ONCCNC(=O)OCc1cc(=O)oc2cc(O)c(Br)cc12. The van der Waals surface area contributed by atoms with Crippen LogP contribution in [0.5, 0.6) is 5.75 Å². The van der Waals surface area contributed by atoms with Crippen LogP contribution in [-0.4, -0.2) is 30.4 Å². The summed E-state index contributed by atoms with van der Waals surface area (Å²) >= 11 is 3.20. The summed E-state index contributed by atoms with van der Waals surface area (Å²) in [5.74, 6) is -0.0532. The molecular weight excluding hydrogens is 396 g/mol. The number of hydrogen-bond donors (Lipinski definition) is 3. The van der Waals surface area contributed by atoms with Crippen LogP contribution >= 0.6 is 15.9 Å². The lowest BCUT2D eigenvalue weighted by atomic mass is 10.1. The third kappa shape index (κ3) is 5.73. The predicted octanol–water partition coefficient (Wildman–Crippen LogP) is 2.42. The minimum atomic E-state index is -0.620. The van der Waals surface area contributed by atoms with Crippen LogP contribution in [0.1, 0.15) is 19.4 Å². The molecule has 2 rings (SSSR count). The minimum Gasteiger partial charge on any atom is -0.507 e. The van der Waals surface area contributed by atoms with Gasteiger partial charge in [-0.2, -0.15) is 0 Å². The lowest BCUT2D eigenvalue weighted by Gasteiger charge is -2.10. The van der Waals surface area contributed by atoms with Crippen molar-refractivity contribution in [3.63, 3.8) is 0 Å². The van der Waals surface area contributed by atoms with Gasteiger partial charge in [-0.05, 0) is 35.8 Å². The van der Waals surface area contributed by atoms with Crippen molar-refractivity contribution in [2.24, 2.45) is 0 Å². The maximum Gasteiger partial charge on any atom is 0.407 e. The molecular formula is C16H19BrN2O6. The van der Waals surface area contributed by atoms with Gasteiger partial charge in [-0.25, -0.2) is 15.1 Å². The van der Waals surface area contributed by atoms with Crippen LogP contribution in [0.25, 0.3) is 11.0 Å². The Bertz CT molecular complexity index is 805. The van der Waals surface area contributed by atoms with E-state index >= 15 is 0 Å². The summed E-state index contributed by atoms with van der Waals surface area (Å²) in [6.45, 7) is 4.40. The summed E-state index contributed by atoms with van der Waals surface area (Å²) in [5, 5.41) is 12.8. The quantitative estimate of drug-likeness (QED) is 0.362. The fraction of sp³-hybridized carbons (Fsp3) is 0.375. The summed E-state index contributed by atoms with van der Waals surface area (Å²) < 4.78 is 10.6. The van der Waals surface area contributed by atoms with Crippen molar-refractivity contribution < 1.29 is 23.9 Å². The number of carbonyl (C=O) groups is 1. The number of phenols is 1. The van der Waals surface area contributed by atoms with Gasteiger partial charge in [0.25, 0.3) is 0 Å². The predicted molar refractivity (Wildman–Crippen MR) is 94.3 cm³/mol. The number of amides is 1. The topological polar surface area (TPSA) is 110 Å². The van der Waals surface area contributed by atoms with Crippen molar-refractivity contribution in [1.29, 1.82) is 0 Å². The molecule has 9 heteroatoms. The molecule has 136 valence electrons. The van der Waals surface area contributed by atoms with Gasteiger partial charge in [-0.3, -0.25) is 4.84 Å². The van der Waals surface area contributed by atoms with Crippen LogP contribution in [0, 0.1) is 0 Å². The molecule has 8 nitrogen and oxygen atoms in total. The third-order valence-electron chi connectivity index (χ3n) is 3.07. The number of nitrogens with one attached hydrogen (secondary N) is 2. The highest BCUT2D eigenvalue weighted by atomic mass is 79.9. The summed E-state index contributed by atoms with van der Waals surface area (Å²) in [5.41, 5.74) is 2.80. The van der Waals surface area contributed by atoms with Gasteiger partial charge in [0.2, 0.25) is 0 Å². The van der Waals surface area contributed by atoms with Crippen LogP contribution in [0.15, 0.2) is 31.9 Å². The number of fused-ring (bicyclic) bond motifs is 1. The Balaban J connectivity index is 1.95. The molecule has 1 aromatic carbocycles. The Morgan fingerprint density at radius 2 is 2.08 bits per heavy atom. The van der Waals surface area contributed by atoms with Crippen molar-refractivity contribution in [2.45, 2.75) is 26.6 Å². The number of aromatic hydroxyl groups is 1. The van der Waals surface area contributed by atoms with Crippen LogP contribution in [0.4, 0.5) is 4.79 Å². The number of rotatable bonds is 7. The first-order valence-electron chi connectivity index (χ1n) is 7.61. The molecule has 0 bridgehead atoms. The van der Waals surface area contributed by atoms with E-state index in [4.69, 9.17) is 14.0 Å². The Kier molecular flexibility index (Phi) is 6.80. The lowest BCUT2D eigenvalue weighted by Crippen LogP contribution is -2.33. The van der Waals surface area contributed by atoms with Crippen molar-refractivity contribution in [3.8, 4) is 5.75 Å². The van der Waals surface area contributed by atoms with Gasteiger partial charge < -0.3 is 19.6 Å². The molecule has 0 saturated heterocycles. The average Bonchev–Trinajstić information content (AvgIpc) is 2.53. The standard InChI is InChI=1S/C16H19BrN2O6/c1-9(2)25-19-4-3-18-16(22)23-8-10-5-15(21)24-14-7-13(20)12(17)6-11(10)14/h5-7,9,19-20H,3-4,8H2,1-2H3,(H,18,22). The number of benzene rings is 1. The van der Waals surface area contributed by atoms with Crippen molar-refractivity contribution in [2.75, 3.05) is 13.1 Å². The fourth-order valence-electron chi connectivity index (χ4n) is 1.99. The maximum absolute atomic E-state index is 11.7. The van der Waals surface area contributed by atoms with Gasteiger partial charge in [0.1, 0.15) is 17.9 Å². The molecule has 3 N–H and O–H groups in total. The highest BCUT2D eigenvalue weighted by Crippen LogP contribution is 2.30. The van der Waals surface area contributed by atoms with E-state index in [1.165, 1.54) is 12.1 Å². The van der Waals surface area contributed by atoms with Crippen molar-refractivity contribution >= 4 is 33.0 Å². The Labute approximate surface area is 152 Å².